The summed E-state index contributed by atoms with van der Waals surface area (Å²) in [5.41, 5.74) is 0. The van der Waals surface area contributed by atoms with Crippen LogP contribution in [-0.4, -0.2) is 23.5 Å². The number of rotatable bonds is 27. The summed E-state index contributed by atoms with van der Waals surface area (Å²) in [5, 5.41) is 11.7. The Morgan fingerprint density at radius 2 is 0.882 bits per heavy atom. The predicted octanol–water partition coefficient (Wildman–Crippen LogP) is 9.21. The maximum Gasteiger partial charge on any atom is 0.303 e. The molecule has 0 aromatic heterocycles. The molecule has 4 nitrogen and oxygen atoms in total. The van der Waals surface area contributed by atoms with Crippen LogP contribution >= 0.6 is 0 Å². The van der Waals surface area contributed by atoms with Crippen LogP contribution in [0.25, 0.3) is 0 Å². The summed E-state index contributed by atoms with van der Waals surface area (Å²) in [4.78, 5) is 22.4. The van der Waals surface area contributed by atoms with E-state index >= 15 is 0 Å². The SMILES string of the molecule is CC(C)CCCCCCCCCCCCCCC(=O)NCCCCCCCCCCCC(=O)O. The van der Waals surface area contributed by atoms with E-state index in [-0.39, 0.29) is 5.91 Å². The van der Waals surface area contributed by atoms with Gasteiger partial charge < -0.3 is 10.4 Å². The number of hydrogen-bond donors (Lipinski definition) is 2. The highest BCUT2D eigenvalue weighted by molar-refractivity contribution is 5.75. The zero-order chi connectivity index (χ0) is 25.1. The van der Waals surface area contributed by atoms with E-state index in [1.165, 1.54) is 109 Å². The van der Waals surface area contributed by atoms with E-state index in [0.717, 1.165) is 44.6 Å². The quantitative estimate of drug-likeness (QED) is 0.115. The topological polar surface area (TPSA) is 66.4 Å². The van der Waals surface area contributed by atoms with E-state index < -0.39 is 5.97 Å². The fraction of sp³-hybridized carbons (Fsp3) is 0.933. The van der Waals surface area contributed by atoms with Gasteiger partial charge in [-0.2, -0.15) is 0 Å². The maximum absolute atomic E-state index is 11.9. The Labute approximate surface area is 212 Å². The van der Waals surface area contributed by atoms with Crippen molar-refractivity contribution < 1.29 is 14.7 Å². The Hall–Kier alpha value is -1.06. The molecule has 202 valence electrons. The summed E-state index contributed by atoms with van der Waals surface area (Å²) in [7, 11) is 0. The van der Waals surface area contributed by atoms with Crippen LogP contribution in [0.15, 0.2) is 0 Å². The van der Waals surface area contributed by atoms with E-state index in [1.807, 2.05) is 0 Å². The van der Waals surface area contributed by atoms with Crippen molar-refractivity contribution in [1.29, 1.82) is 0 Å². The van der Waals surface area contributed by atoms with Crippen LogP contribution in [0.3, 0.4) is 0 Å². The van der Waals surface area contributed by atoms with Gasteiger partial charge in [-0.15, -0.1) is 0 Å². The second-order valence-corrected chi connectivity index (χ2v) is 10.9. The van der Waals surface area contributed by atoms with Crippen LogP contribution in [-0.2, 0) is 9.59 Å². The number of carbonyl (C=O) groups is 2. The van der Waals surface area contributed by atoms with Crippen molar-refractivity contribution in [2.75, 3.05) is 6.54 Å². The zero-order valence-electron chi connectivity index (χ0n) is 23.0. The molecule has 4 heteroatoms. The van der Waals surface area contributed by atoms with Crippen molar-refractivity contribution in [1.82, 2.24) is 5.32 Å². The lowest BCUT2D eigenvalue weighted by atomic mass is 10.0. The lowest BCUT2D eigenvalue weighted by Crippen LogP contribution is -2.23. The first-order chi connectivity index (χ1) is 16.5. The maximum atomic E-state index is 11.9. The number of aliphatic carboxylic acids is 1. The number of carboxylic acids is 1. The minimum atomic E-state index is -0.679. The summed E-state index contributed by atoms with van der Waals surface area (Å²) < 4.78 is 0. The average molecular weight is 482 g/mol. The molecule has 0 spiro atoms. The normalized spacial score (nSPS) is 11.3. The molecule has 0 saturated heterocycles. The minimum Gasteiger partial charge on any atom is -0.481 e. The molecule has 0 aliphatic rings. The summed E-state index contributed by atoms with van der Waals surface area (Å²) in [6.45, 7) is 5.46. The lowest BCUT2D eigenvalue weighted by Gasteiger charge is -2.06. The highest BCUT2D eigenvalue weighted by Gasteiger charge is 2.01. The standard InChI is InChI=1S/C30H59NO3/c1-28(2)24-20-16-12-8-5-3-4-6-9-13-17-21-25-29(32)31-27-23-19-15-11-7-10-14-18-22-26-30(33)34/h28H,3-27H2,1-2H3,(H,31,32)(H,33,34). The Morgan fingerprint density at radius 1 is 0.529 bits per heavy atom. The Kier molecular flexibility index (Phi) is 25.7. The second kappa shape index (κ2) is 26.5. The van der Waals surface area contributed by atoms with Gasteiger partial charge in [0.1, 0.15) is 0 Å². The molecule has 0 saturated carbocycles. The van der Waals surface area contributed by atoms with Crippen molar-refractivity contribution in [3.8, 4) is 0 Å². The Morgan fingerprint density at radius 3 is 1.29 bits per heavy atom. The monoisotopic (exact) mass is 481 g/mol. The molecule has 0 aliphatic carbocycles. The zero-order valence-corrected chi connectivity index (χ0v) is 23.0. The summed E-state index contributed by atoms with van der Waals surface area (Å²) in [6, 6.07) is 0. The molecule has 0 aliphatic heterocycles. The second-order valence-electron chi connectivity index (χ2n) is 10.9. The first kappa shape index (κ1) is 32.9. The Bertz CT molecular complexity index is 450. The van der Waals surface area contributed by atoms with E-state index in [1.54, 1.807) is 0 Å². The average Bonchev–Trinajstić information content (AvgIpc) is 2.79. The third-order valence-corrected chi connectivity index (χ3v) is 6.82. The van der Waals surface area contributed by atoms with Gasteiger partial charge in [-0.05, 0) is 25.2 Å². The van der Waals surface area contributed by atoms with Crippen molar-refractivity contribution in [3.63, 3.8) is 0 Å². The highest BCUT2D eigenvalue weighted by atomic mass is 16.4. The van der Waals surface area contributed by atoms with Crippen molar-refractivity contribution >= 4 is 11.9 Å². The number of carboxylic acid groups (broad SMARTS) is 1. The third kappa shape index (κ3) is 29.0. The number of hydrogen-bond acceptors (Lipinski definition) is 2. The van der Waals surface area contributed by atoms with E-state index in [4.69, 9.17) is 5.11 Å². The van der Waals surface area contributed by atoms with Crippen LogP contribution < -0.4 is 5.32 Å². The molecule has 1 amide bonds. The van der Waals surface area contributed by atoms with Gasteiger partial charge in [0.25, 0.3) is 0 Å². The molecule has 0 aromatic rings. The summed E-state index contributed by atoms with van der Waals surface area (Å²) in [6.07, 6.45) is 28.7. The van der Waals surface area contributed by atoms with Crippen LogP contribution in [0.4, 0.5) is 0 Å². The Balaban J connectivity index is 3.17. The van der Waals surface area contributed by atoms with Gasteiger partial charge in [-0.25, -0.2) is 0 Å². The van der Waals surface area contributed by atoms with Gasteiger partial charge >= 0.3 is 5.97 Å². The molecule has 0 fully saturated rings. The highest BCUT2D eigenvalue weighted by Crippen LogP contribution is 2.14. The summed E-state index contributed by atoms with van der Waals surface area (Å²) in [5.74, 6) is 0.415. The van der Waals surface area contributed by atoms with Gasteiger partial charge in [0.15, 0.2) is 0 Å². The van der Waals surface area contributed by atoms with Crippen LogP contribution in [0.5, 0.6) is 0 Å². The molecule has 0 bridgehead atoms. The molecule has 2 N–H and O–H groups in total. The van der Waals surface area contributed by atoms with Crippen LogP contribution in [0.2, 0.25) is 0 Å². The third-order valence-electron chi connectivity index (χ3n) is 6.82. The van der Waals surface area contributed by atoms with Gasteiger partial charge in [-0.3, -0.25) is 9.59 Å². The molecule has 0 radical (unpaired) electrons. The van der Waals surface area contributed by atoms with Crippen LogP contribution in [0, 0.1) is 5.92 Å². The fourth-order valence-electron chi connectivity index (χ4n) is 4.56. The first-order valence-corrected chi connectivity index (χ1v) is 15.0. The molecular weight excluding hydrogens is 422 g/mol. The summed E-state index contributed by atoms with van der Waals surface area (Å²) >= 11 is 0. The number of carbonyl (C=O) groups excluding carboxylic acids is 1. The van der Waals surface area contributed by atoms with Gasteiger partial charge in [0.2, 0.25) is 5.91 Å². The molecule has 0 rings (SSSR count). The largest absolute Gasteiger partial charge is 0.481 e. The van der Waals surface area contributed by atoms with Crippen molar-refractivity contribution in [2.24, 2.45) is 5.92 Å². The van der Waals surface area contributed by atoms with Crippen LogP contribution in [0.1, 0.15) is 168 Å². The van der Waals surface area contributed by atoms with E-state index in [9.17, 15) is 9.59 Å². The smallest absolute Gasteiger partial charge is 0.303 e. The minimum absolute atomic E-state index is 0.231. The van der Waals surface area contributed by atoms with Gasteiger partial charge in [0.05, 0.1) is 0 Å². The molecule has 0 unspecified atom stereocenters. The van der Waals surface area contributed by atoms with E-state index in [0.29, 0.717) is 12.8 Å². The molecular formula is C30H59NO3. The number of amides is 1. The molecule has 0 heterocycles. The lowest BCUT2D eigenvalue weighted by molar-refractivity contribution is -0.137. The molecule has 34 heavy (non-hydrogen) atoms. The molecule has 0 aromatic carbocycles. The van der Waals surface area contributed by atoms with Crippen molar-refractivity contribution in [3.05, 3.63) is 0 Å². The fourth-order valence-corrected chi connectivity index (χ4v) is 4.56. The van der Waals surface area contributed by atoms with Crippen molar-refractivity contribution in [2.45, 2.75) is 168 Å². The van der Waals surface area contributed by atoms with E-state index in [2.05, 4.69) is 19.2 Å². The first-order valence-electron chi connectivity index (χ1n) is 15.0. The number of unbranched alkanes of at least 4 members (excludes halogenated alkanes) is 19. The predicted molar refractivity (Wildman–Crippen MR) is 146 cm³/mol. The number of nitrogens with one attached hydrogen (secondary N) is 1. The van der Waals surface area contributed by atoms with Gasteiger partial charge in [-0.1, -0.05) is 136 Å². The van der Waals surface area contributed by atoms with Gasteiger partial charge in [0, 0.05) is 19.4 Å². The molecule has 0 atom stereocenters.